The number of likely N-dealkylation sites (tertiary alicyclic amines) is 1. The number of aliphatic hydroxyl groups is 1. The molecule has 1 heterocycles. The van der Waals surface area contributed by atoms with Crippen molar-refractivity contribution in [2.24, 2.45) is 5.73 Å². The summed E-state index contributed by atoms with van der Waals surface area (Å²) >= 11 is 0. The summed E-state index contributed by atoms with van der Waals surface area (Å²) in [5.41, 5.74) is 5.55. The van der Waals surface area contributed by atoms with E-state index in [1.165, 1.54) is 4.90 Å². The number of hydrogen-bond acceptors (Lipinski definition) is 5. The fourth-order valence-corrected chi connectivity index (χ4v) is 3.12. The van der Waals surface area contributed by atoms with Gasteiger partial charge in [-0.3, -0.25) is 4.79 Å². The van der Waals surface area contributed by atoms with Crippen LogP contribution < -0.4 is 11.1 Å². The fourth-order valence-electron chi connectivity index (χ4n) is 3.12. The second kappa shape index (κ2) is 5.87. The minimum Gasteiger partial charge on any atom is -0.394 e. The first-order chi connectivity index (χ1) is 9.12. The summed E-state index contributed by atoms with van der Waals surface area (Å²) in [6, 6.07) is 1.72. The van der Waals surface area contributed by atoms with Crippen LogP contribution in [0.25, 0.3) is 0 Å². The number of nitrogens with one attached hydrogen (secondary N) is 1. The summed E-state index contributed by atoms with van der Waals surface area (Å²) in [6.07, 6.45) is 4.91. The Kier molecular flexibility index (Phi) is 4.40. The van der Waals surface area contributed by atoms with Gasteiger partial charge in [0, 0.05) is 5.54 Å². The molecular weight excluding hydrogens is 244 g/mol. The van der Waals surface area contributed by atoms with Crippen molar-refractivity contribution in [2.75, 3.05) is 13.2 Å². The Morgan fingerprint density at radius 2 is 2.16 bits per heavy atom. The highest BCUT2D eigenvalue weighted by atomic mass is 16.3. The molecule has 1 saturated heterocycles. The van der Waals surface area contributed by atoms with Crippen LogP contribution in [0.15, 0.2) is 0 Å². The number of nitrogens with zero attached hydrogens (tertiary/aromatic N) is 2. The molecular formula is C13H22N4O2. The lowest BCUT2D eigenvalue weighted by Crippen LogP contribution is -2.53. The van der Waals surface area contributed by atoms with Crippen LogP contribution >= 0.6 is 0 Å². The summed E-state index contributed by atoms with van der Waals surface area (Å²) in [7, 11) is 0. The van der Waals surface area contributed by atoms with Gasteiger partial charge in [-0.1, -0.05) is 12.8 Å². The van der Waals surface area contributed by atoms with Crippen LogP contribution in [0.4, 0.5) is 0 Å². The highest BCUT2D eigenvalue weighted by molar-refractivity contribution is 5.79. The van der Waals surface area contributed by atoms with Crippen molar-refractivity contribution in [3.8, 4) is 6.07 Å². The average Bonchev–Trinajstić information content (AvgIpc) is 3.03. The van der Waals surface area contributed by atoms with Crippen LogP contribution in [0.1, 0.15) is 38.5 Å². The van der Waals surface area contributed by atoms with E-state index in [-0.39, 0.29) is 30.8 Å². The Hall–Kier alpha value is -1.16. The molecule has 1 amide bonds. The van der Waals surface area contributed by atoms with Gasteiger partial charge in [-0.25, -0.2) is 0 Å². The molecule has 6 heteroatoms. The number of rotatable bonds is 4. The maximum atomic E-state index is 12.2. The number of carbonyl (C=O) groups is 1. The van der Waals surface area contributed by atoms with Gasteiger partial charge in [-0.15, -0.1) is 0 Å². The summed E-state index contributed by atoms with van der Waals surface area (Å²) < 4.78 is 0. The molecule has 2 fully saturated rings. The molecule has 0 bridgehead atoms. The topological polar surface area (TPSA) is 102 Å². The second-order valence-electron chi connectivity index (χ2n) is 5.59. The van der Waals surface area contributed by atoms with Gasteiger partial charge < -0.3 is 21.1 Å². The molecule has 2 aliphatic rings. The van der Waals surface area contributed by atoms with E-state index < -0.39 is 6.04 Å². The number of amides is 1. The summed E-state index contributed by atoms with van der Waals surface area (Å²) in [4.78, 5) is 13.7. The van der Waals surface area contributed by atoms with Crippen LogP contribution in [-0.4, -0.2) is 46.8 Å². The number of aliphatic hydroxyl groups excluding tert-OH is 1. The molecule has 2 atom stereocenters. The normalized spacial score (nSPS) is 29.4. The minimum absolute atomic E-state index is 0.0496. The fraction of sp³-hybridized carbons (Fsp3) is 0.846. The van der Waals surface area contributed by atoms with Crippen molar-refractivity contribution in [2.45, 2.75) is 56.3 Å². The van der Waals surface area contributed by atoms with Crippen molar-refractivity contribution in [3.05, 3.63) is 0 Å². The molecule has 0 spiro atoms. The lowest BCUT2D eigenvalue weighted by Gasteiger charge is -2.30. The van der Waals surface area contributed by atoms with Crippen LogP contribution in [-0.2, 0) is 4.79 Å². The van der Waals surface area contributed by atoms with Gasteiger partial charge in [0.1, 0.15) is 6.04 Å². The molecule has 2 rings (SSSR count). The Balaban J connectivity index is 1.92. The minimum atomic E-state index is -0.405. The quantitative estimate of drug-likeness (QED) is 0.647. The molecule has 0 aromatic carbocycles. The van der Waals surface area contributed by atoms with Crippen molar-refractivity contribution >= 4 is 5.91 Å². The van der Waals surface area contributed by atoms with Gasteiger partial charge in [0.15, 0.2) is 0 Å². The molecule has 106 valence electrons. The van der Waals surface area contributed by atoms with E-state index in [4.69, 9.17) is 11.0 Å². The van der Waals surface area contributed by atoms with Crippen molar-refractivity contribution in [1.82, 2.24) is 10.2 Å². The lowest BCUT2D eigenvalue weighted by atomic mass is 9.99. The van der Waals surface area contributed by atoms with Crippen molar-refractivity contribution in [3.63, 3.8) is 0 Å². The largest absolute Gasteiger partial charge is 0.394 e. The standard InChI is InChI=1S/C13H22N4O2/c14-7-10-3-4-11(15)17(10)12(19)8-16-13(9-18)5-1-2-6-13/h10-11,16,18H,1-6,8-9,15H2/t10?,11-/m0/s1. The van der Waals surface area contributed by atoms with Crippen molar-refractivity contribution in [1.29, 1.82) is 5.26 Å². The predicted molar refractivity (Wildman–Crippen MR) is 69.7 cm³/mol. The number of carbonyl (C=O) groups excluding carboxylic acids is 1. The molecule has 1 unspecified atom stereocenters. The average molecular weight is 266 g/mol. The van der Waals surface area contributed by atoms with Crippen LogP contribution in [0, 0.1) is 11.3 Å². The third-order valence-corrected chi connectivity index (χ3v) is 4.34. The smallest absolute Gasteiger partial charge is 0.238 e. The molecule has 6 nitrogen and oxygen atoms in total. The molecule has 4 N–H and O–H groups in total. The number of nitriles is 1. The Morgan fingerprint density at radius 3 is 2.74 bits per heavy atom. The van der Waals surface area contributed by atoms with E-state index in [2.05, 4.69) is 11.4 Å². The first-order valence-corrected chi connectivity index (χ1v) is 6.94. The maximum absolute atomic E-state index is 12.2. The first kappa shape index (κ1) is 14.3. The Labute approximate surface area is 113 Å². The van der Waals surface area contributed by atoms with Gasteiger partial charge in [0.25, 0.3) is 0 Å². The zero-order valence-electron chi connectivity index (χ0n) is 11.1. The third kappa shape index (κ3) is 2.89. The Bertz CT molecular complexity index is 373. The van der Waals surface area contributed by atoms with Gasteiger partial charge in [-0.2, -0.15) is 5.26 Å². The highest BCUT2D eigenvalue weighted by Gasteiger charge is 2.37. The van der Waals surface area contributed by atoms with Crippen LogP contribution in [0.3, 0.4) is 0 Å². The molecule has 1 saturated carbocycles. The highest BCUT2D eigenvalue weighted by Crippen LogP contribution is 2.29. The molecule has 0 radical (unpaired) electrons. The van der Waals surface area contributed by atoms with Gasteiger partial charge in [0.05, 0.1) is 25.4 Å². The second-order valence-corrected chi connectivity index (χ2v) is 5.59. The third-order valence-electron chi connectivity index (χ3n) is 4.34. The lowest BCUT2D eigenvalue weighted by molar-refractivity contribution is -0.132. The summed E-state index contributed by atoms with van der Waals surface area (Å²) in [5.74, 6) is -0.142. The van der Waals surface area contributed by atoms with Gasteiger partial charge >= 0.3 is 0 Å². The van der Waals surface area contributed by atoms with E-state index in [1.807, 2.05) is 0 Å². The zero-order valence-corrected chi connectivity index (χ0v) is 11.1. The van der Waals surface area contributed by atoms with Crippen molar-refractivity contribution < 1.29 is 9.90 Å². The molecule has 1 aliphatic carbocycles. The first-order valence-electron chi connectivity index (χ1n) is 6.94. The monoisotopic (exact) mass is 266 g/mol. The van der Waals surface area contributed by atoms with E-state index >= 15 is 0 Å². The van der Waals surface area contributed by atoms with Crippen LogP contribution in [0.2, 0.25) is 0 Å². The van der Waals surface area contributed by atoms with E-state index in [9.17, 15) is 9.90 Å². The number of nitrogens with two attached hydrogens (primary N) is 1. The Morgan fingerprint density at radius 1 is 1.47 bits per heavy atom. The predicted octanol–water partition coefficient (Wildman–Crippen LogP) is -0.320. The van der Waals surface area contributed by atoms with E-state index in [0.29, 0.717) is 12.8 Å². The summed E-state index contributed by atoms with van der Waals surface area (Å²) in [5, 5.41) is 21.7. The SMILES string of the molecule is N#CC1CC[C@@H](N)N1C(=O)CNC1(CO)CCCC1. The van der Waals surface area contributed by atoms with Crippen LogP contribution in [0.5, 0.6) is 0 Å². The molecule has 0 aromatic rings. The molecule has 0 aromatic heterocycles. The van der Waals surface area contributed by atoms with Gasteiger partial charge in [0.2, 0.25) is 5.91 Å². The molecule has 19 heavy (non-hydrogen) atoms. The summed E-state index contributed by atoms with van der Waals surface area (Å²) in [6.45, 7) is 0.195. The number of hydrogen-bond donors (Lipinski definition) is 3. The van der Waals surface area contributed by atoms with E-state index in [1.54, 1.807) is 0 Å². The zero-order chi connectivity index (χ0) is 13.9. The van der Waals surface area contributed by atoms with Gasteiger partial charge in [-0.05, 0) is 25.7 Å². The molecule has 1 aliphatic heterocycles. The maximum Gasteiger partial charge on any atom is 0.238 e. The van der Waals surface area contributed by atoms with E-state index in [0.717, 1.165) is 25.7 Å².